The van der Waals surface area contributed by atoms with Crippen molar-refractivity contribution >= 4 is 5.97 Å². The van der Waals surface area contributed by atoms with Crippen molar-refractivity contribution in [3.05, 3.63) is 36.5 Å². The van der Waals surface area contributed by atoms with Gasteiger partial charge in [-0.1, -0.05) is 69.1 Å². The lowest BCUT2D eigenvalue weighted by Crippen LogP contribution is -2.04. The molecular formula is C21H36O3. The summed E-state index contributed by atoms with van der Waals surface area (Å²) in [5.74, 6) is -0.138. The van der Waals surface area contributed by atoms with Crippen LogP contribution >= 0.6 is 0 Å². The van der Waals surface area contributed by atoms with Gasteiger partial charge in [-0.2, -0.15) is 0 Å². The lowest BCUT2D eigenvalue weighted by molar-refractivity contribution is -0.140. The van der Waals surface area contributed by atoms with Crippen molar-refractivity contribution in [3.8, 4) is 0 Å². The van der Waals surface area contributed by atoms with Crippen LogP contribution in [0, 0.1) is 0 Å². The van der Waals surface area contributed by atoms with E-state index in [0.29, 0.717) is 6.42 Å². The highest BCUT2D eigenvalue weighted by Gasteiger charge is 2.00. The molecule has 0 aliphatic rings. The molecule has 0 heterocycles. The number of allylic oxidation sites excluding steroid dienone is 5. The van der Waals surface area contributed by atoms with E-state index in [1.807, 2.05) is 0 Å². The fourth-order valence-electron chi connectivity index (χ4n) is 2.30. The Kier molecular flexibility index (Phi) is 17.0. The summed E-state index contributed by atoms with van der Waals surface area (Å²) < 4.78 is 4.59. The van der Waals surface area contributed by atoms with E-state index in [1.54, 1.807) is 0 Å². The monoisotopic (exact) mass is 336 g/mol. The molecule has 1 unspecified atom stereocenters. The van der Waals surface area contributed by atoms with Crippen LogP contribution in [-0.4, -0.2) is 24.3 Å². The number of esters is 1. The van der Waals surface area contributed by atoms with Crippen LogP contribution in [0.15, 0.2) is 36.5 Å². The molecule has 0 saturated carbocycles. The average molecular weight is 337 g/mol. The van der Waals surface area contributed by atoms with Crippen LogP contribution in [0.5, 0.6) is 0 Å². The molecule has 0 fully saturated rings. The van der Waals surface area contributed by atoms with E-state index >= 15 is 0 Å². The maximum absolute atomic E-state index is 10.9. The molecule has 0 aliphatic heterocycles. The number of aliphatic hydroxyl groups is 1. The minimum absolute atomic E-state index is 0.138. The number of hydrogen-bond acceptors (Lipinski definition) is 3. The number of unbranched alkanes of at least 4 members (excludes halogenated alkanes) is 4. The van der Waals surface area contributed by atoms with Crippen LogP contribution < -0.4 is 0 Å². The van der Waals surface area contributed by atoms with Crippen LogP contribution in [0.3, 0.4) is 0 Å². The van der Waals surface area contributed by atoms with Gasteiger partial charge >= 0.3 is 5.97 Å². The SMILES string of the molecule is CCCCCCC(O)C/C=C/C/C=C/C/C=C/CCCC(=O)OC. The molecule has 1 atom stereocenters. The Bertz CT molecular complexity index is 369. The minimum Gasteiger partial charge on any atom is -0.469 e. The third-order valence-corrected chi connectivity index (χ3v) is 3.82. The average Bonchev–Trinajstić information content (AvgIpc) is 2.59. The third-order valence-electron chi connectivity index (χ3n) is 3.82. The summed E-state index contributed by atoms with van der Waals surface area (Å²) in [6.45, 7) is 2.20. The fraction of sp³-hybridized carbons (Fsp3) is 0.667. The van der Waals surface area contributed by atoms with Gasteiger partial charge in [0.2, 0.25) is 0 Å². The van der Waals surface area contributed by atoms with Crippen molar-refractivity contribution in [2.45, 2.75) is 83.7 Å². The first-order valence-electron chi connectivity index (χ1n) is 9.40. The number of methoxy groups -OCH3 is 1. The number of hydrogen-bond donors (Lipinski definition) is 1. The van der Waals surface area contributed by atoms with E-state index in [0.717, 1.165) is 44.9 Å². The molecule has 0 amide bonds. The van der Waals surface area contributed by atoms with Gasteiger partial charge in [0.05, 0.1) is 13.2 Å². The zero-order chi connectivity index (χ0) is 17.9. The summed E-state index contributed by atoms with van der Waals surface area (Å²) in [4.78, 5) is 10.9. The van der Waals surface area contributed by atoms with Gasteiger partial charge in [-0.15, -0.1) is 0 Å². The molecular weight excluding hydrogens is 300 g/mol. The van der Waals surface area contributed by atoms with Gasteiger partial charge < -0.3 is 9.84 Å². The molecule has 0 saturated heterocycles. The Hall–Kier alpha value is -1.35. The maximum Gasteiger partial charge on any atom is 0.305 e. The second-order valence-corrected chi connectivity index (χ2v) is 6.09. The van der Waals surface area contributed by atoms with Gasteiger partial charge in [0, 0.05) is 6.42 Å². The molecule has 1 N–H and O–H groups in total. The summed E-state index contributed by atoms with van der Waals surface area (Å²) in [6.07, 6.45) is 23.2. The third kappa shape index (κ3) is 17.0. The Morgan fingerprint density at radius 2 is 1.62 bits per heavy atom. The predicted octanol–water partition coefficient (Wildman–Crippen LogP) is 5.50. The lowest BCUT2D eigenvalue weighted by atomic mass is 10.1. The summed E-state index contributed by atoms with van der Waals surface area (Å²) in [5, 5.41) is 9.83. The molecule has 0 aromatic rings. The number of aliphatic hydroxyl groups excluding tert-OH is 1. The van der Waals surface area contributed by atoms with Crippen LogP contribution in [0.25, 0.3) is 0 Å². The smallest absolute Gasteiger partial charge is 0.305 e. The lowest BCUT2D eigenvalue weighted by Gasteiger charge is -2.06. The van der Waals surface area contributed by atoms with E-state index in [9.17, 15) is 9.90 Å². The second-order valence-electron chi connectivity index (χ2n) is 6.09. The van der Waals surface area contributed by atoms with E-state index < -0.39 is 0 Å². The van der Waals surface area contributed by atoms with E-state index in [4.69, 9.17) is 0 Å². The zero-order valence-electron chi connectivity index (χ0n) is 15.6. The standard InChI is InChI=1S/C21H36O3/c1-3-4-5-14-17-20(22)18-15-12-10-8-6-7-9-11-13-16-19-21(23)24-2/h6,8-9,11-12,15,20,22H,3-5,7,10,13-14,16-19H2,1-2H3/b8-6+,11-9+,15-12+. The molecule has 0 aromatic carbocycles. The van der Waals surface area contributed by atoms with Crippen LogP contribution in [-0.2, 0) is 9.53 Å². The summed E-state index contributed by atoms with van der Waals surface area (Å²) in [6, 6.07) is 0. The zero-order valence-corrected chi connectivity index (χ0v) is 15.6. The first-order chi connectivity index (χ1) is 11.7. The Balaban J connectivity index is 3.48. The quantitative estimate of drug-likeness (QED) is 0.244. The topological polar surface area (TPSA) is 46.5 Å². The molecule has 0 aliphatic carbocycles. The maximum atomic E-state index is 10.9. The molecule has 24 heavy (non-hydrogen) atoms. The van der Waals surface area contributed by atoms with Gasteiger partial charge in [-0.25, -0.2) is 0 Å². The van der Waals surface area contributed by atoms with E-state index in [-0.39, 0.29) is 12.1 Å². The number of rotatable bonds is 15. The summed E-state index contributed by atoms with van der Waals surface area (Å²) in [5.41, 5.74) is 0. The molecule has 0 aromatic heterocycles. The highest BCUT2D eigenvalue weighted by atomic mass is 16.5. The van der Waals surface area contributed by atoms with Gasteiger partial charge in [-0.3, -0.25) is 4.79 Å². The first-order valence-corrected chi connectivity index (χ1v) is 9.40. The predicted molar refractivity (Wildman–Crippen MR) is 102 cm³/mol. The van der Waals surface area contributed by atoms with Crippen molar-refractivity contribution < 1.29 is 14.6 Å². The van der Waals surface area contributed by atoms with Crippen molar-refractivity contribution in [2.24, 2.45) is 0 Å². The largest absolute Gasteiger partial charge is 0.469 e. The Morgan fingerprint density at radius 1 is 0.958 bits per heavy atom. The molecule has 0 rings (SSSR count). The van der Waals surface area contributed by atoms with Crippen LogP contribution in [0.2, 0.25) is 0 Å². The Labute approximate surface area is 148 Å². The fourth-order valence-corrected chi connectivity index (χ4v) is 2.30. The van der Waals surface area contributed by atoms with Crippen molar-refractivity contribution in [1.29, 1.82) is 0 Å². The highest BCUT2D eigenvalue weighted by molar-refractivity contribution is 5.69. The first kappa shape index (κ1) is 22.6. The highest BCUT2D eigenvalue weighted by Crippen LogP contribution is 2.08. The second kappa shape index (κ2) is 18.0. The molecule has 0 bridgehead atoms. The molecule has 0 radical (unpaired) electrons. The van der Waals surface area contributed by atoms with Crippen LogP contribution in [0.1, 0.15) is 77.6 Å². The van der Waals surface area contributed by atoms with Crippen molar-refractivity contribution in [1.82, 2.24) is 0 Å². The summed E-state index contributed by atoms with van der Waals surface area (Å²) in [7, 11) is 1.42. The van der Waals surface area contributed by atoms with Gasteiger partial charge in [-0.05, 0) is 38.5 Å². The van der Waals surface area contributed by atoms with Crippen LogP contribution in [0.4, 0.5) is 0 Å². The van der Waals surface area contributed by atoms with E-state index in [2.05, 4.69) is 48.1 Å². The molecule has 3 nitrogen and oxygen atoms in total. The minimum atomic E-state index is -0.185. The van der Waals surface area contributed by atoms with Gasteiger partial charge in [0.15, 0.2) is 0 Å². The summed E-state index contributed by atoms with van der Waals surface area (Å²) >= 11 is 0. The molecule has 3 heteroatoms. The van der Waals surface area contributed by atoms with Gasteiger partial charge in [0.25, 0.3) is 0 Å². The normalized spacial score (nSPS) is 13.3. The number of carbonyl (C=O) groups excluding carboxylic acids is 1. The van der Waals surface area contributed by atoms with Crippen molar-refractivity contribution in [2.75, 3.05) is 7.11 Å². The van der Waals surface area contributed by atoms with E-state index in [1.165, 1.54) is 26.4 Å². The van der Waals surface area contributed by atoms with Gasteiger partial charge in [0.1, 0.15) is 0 Å². The number of carbonyl (C=O) groups is 1. The molecule has 138 valence electrons. The number of ether oxygens (including phenoxy) is 1. The Morgan fingerprint density at radius 3 is 2.29 bits per heavy atom. The van der Waals surface area contributed by atoms with Crippen molar-refractivity contribution in [3.63, 3.8) is 0 Å². The molecule has 0 spiro atoms.